The van der Waals surface area contributed by atoms with Crippen molar-refractivity contribution in [1.29, 1.82) is 0 Å². The van der Waals surface area contributed by atoms with Crippen LogP contribution in [-0.2, 0) is 6.61 Å². The number of para-hydroxylation sites is 1. The zero-order valence-corrected chi connectivity index (χ0v) is 11.9. The zero-order chi connectivity index (χ0) is 14.1. The Kier molecular flexibility index (Phi) is 3.28. The Balaban J connectivity index is 1.93. The number of benzene rings is 1. The normalized spacial score (nSPS) is 10.9. The predicted molar refractivity (Wildman–Crippen MR) is 76.0 cm³/mol. The third-order valence-electron chi connectivity index (χ3n) is 3.21. The molecule has 102 valence electrons. The number of fused-ring (bicyclic) bond motifs is 1. The van der Waals surface area contributed by atoms with Crippen LogP contribution in [0.25, 0.3) is 5.65 Å². The second-order valence-electron chi connectivity index (χ2n) is 4.49. The molecule has 3 rings (SSSR count). The van der Waals surface area contributed by atoms with Crippen LogP contribution in [0.15, 0.2) is 30.3 Å². The minimum Gasteiger partial charge on any atom is -0.486 e. The van der Waals surface area contributed by atoms with Crippen molar-refractivity contribution in [2.45, 2.75) is 20.5 Å². The van der Waals surface area contributed by atoms with Crippen molar-refractivity contribution in [3.8, 4) is 5.75 Å². The van der Waals surface area contributed by atoms with Gasteiger partial charge in [-0.3, -0.25) is 0 Å². The average Bonchev–Trinajstić information content (AvgIpc) is 2.87. The Morgan fingerprint density at radius 3 is 2.60 bits per heavy atom. The molecule has 0 aliphatic rings. The number of hydrogen-bond donors (Lipinski definition) is 0. The molecule has 0 aliphatic heterocycles. The van der Waals surface area contributed by atoms with E-state index in [0.29, 0.717) is 16.6 Å². The molecule has 0 saturated carbocycles. The van der Waals surface area contributed by atoms with Crippen molar-refractivity contribution in [3.63, 3.8) is 0 Å². The Bertz CT molecular complexity index is 755. The van der Waals surface area contributed by atoms with Gasteiger partial charge in [0.05, 0.1) is 0 Å². The average molecular weight is 289 g/mol. The van der Waals surface area contributed by atoms with Gasteiger partial charge in [0.1, 0.15) is 12.4 Å². The largest absolute Gasteiger partial charge is 0.486 e. The molecule has 1 aromatic carbocycles. The lowest BCUT2D eigenvalue weighted by Crippen LogP contribution is -2.05. The summed E-state index contributed by atoms with van der Waals surface area (Å²) >= 11 is 6.11. The fourth-order valence-corrected chi connectivity index (χ4v) is 2.11. The summed E-state index contributed by atoms with van der Waals surface area (Å²) < 4.78 is 7.29. The van der Waals surface area contributed by atoms with E-state index in [-0.39, 0.29) is 6.61 Å². The van der Waals surface area contributed by atoms with E-state index in [0.717, 1.165) is 16.9 Å². The maximum absolute atomic E-state index is 6.11. The van der Waals surface area contributed by atoms with Gasteiger partial charge < -0.3 is 4.74 Å². The summed E-state index contributed by atoms with van der Waals surface area (Å²) in [5.74, 6) is 1.40. The molecule has 0 fully saturated rings. The van der Waals surface area contributed by atoms with E-state index >= 15 is 0 Å². The molecule has 0 bridgehead atoms. The lowest BCUT2D eigenvalue weighted by atomic mass is 10.2. The first-order valence-corrected chi connectivity index (χ1v) is 6.59. The second-order valence-corrected chi connectivity index (χ2v) is 4.85. The van der Waals surface area contributed by atoms with Gasteiger partial charge in [-0.2, -0.15) is 9.61 Å². The Labute approximate surface area is 121 Å². The summed E-state index contributed by atoms with van der Waals surface area (Å²) in [5, 5.41) is 13.0. The smallest absolute Gasteiger partial charge is 0.192 e. The molecule has 0 radical (unpaired) electrons. The third kappa shape index (κ3) is 2.20. The molecule has 0 amide bonds. The highest BCUT2D eigenvalue weighted by molar-refractivity contribution is 6.30. The van der Waals surface area contributed by atoms with Crippen molar-refractivity contribution in [2.24, 2.45) is 0 Å². The highest BCUT2D eigenvalue weighted by Gasteiger charge is 2.13. The molecule has 6 heteroatoms. The summed E-state index contributed by atoms with van der Waals surface area (Å²) in [5.41, 5.74) is 2.60. The van der Waals surface area contributed by atoms with Gasteiger partial charge in [0.2, 0.25) is 0 Å². The number of rotatable bonds is 3. The topological polar surface area (TPSA) is 52.3 Å². The van der Waals surface area contributed by atoms with Crippen molar-refractivity contribution >= 4 is 17.2 Å². The molecule has 0 atom stereocenters. The predicted octanol–water partition coefficient (Wildman–Crippen LogP) is 2.97. The van der Waals surface area contributed by atoms with Gasteiger partial charge in [-0.1, -0.05) is 29.8 Å². The van der Waals surface area contributed by atoms with Crippen molar-refractivity contribution in [2.75, 3.05) is 0 Å². The molecule has 3 aromatic rings. The maximum atomic E-state index is 6.11. The van der Waals surface area contributed by atoms with Gasteiger partial charge in [-0.25, -0.2) is 0 Å². The van der Waals surface area contributed by atoms with E-state index in [1.165, 1.54) is 0 Å². The molecule has 0 aliphatic carbocycles. The standard InChI is InChI=1S/C14H13ClN4O/c1-9-10(2)14-17-16-12(19(14)18-13(9)15)8-20-11-6-4-3-5-7-11/h3-7H,8H2,1-2H3. The number of aryl methyl sites for hydroxylation is 1. The number of hydrogen-bond acceptors (Lipinski definition) is 4. The molecule has 20 heavy (non-hydrogen) atoms. The van der Waals surface area contributed by atoms with Crippen LogP contribution in [0.5, 0.6) is 5.75 Å². The molecule has 2 aromatic heterocycles. The number of ether oxygens (including phenoxy) is 1. The SMILES string of the molecule is Cc1c(Cl)nn2c(COc3ccccc3)nnc2c1C. The third-order valence-corrected chi connectivity index (χ3v) is 3.57. The van der Waals surface area contributed by atoms with Gasteiger partial charge >= 0.3 is 0 Å². The van der Waals surface area contributed by atoms with E-state index in [1.54, 1.807) is 4.52 Å². The summed E-state index contributed by atoms with van der Waals surface area (Å²) in [4.78, 5) is 0. The summed E-state index contributed by atoms with van der Waals surface area (Å²) in [7, 11) is 0. The van der Waals surface area contributed by atoms with Crippen molar-refractivity contribution in [3.05, 3.63) is 52.4 Å². The highest BCUT2D eigenvalue weighted by Crippen LogP contribution is 2.20. The molecule has 2 heterocycles. The number of aromatic nitrogens is 4. The van der Waals surface area contributed by atoms with Gasteiger partial charge in [-0.15, -0.1) is 10.2 Å². The van der Waals surface area contributed by atoms with Crippen LogP contribution in [0, 0.1) is 13.8 Å². The van der Waals surface area contributed by atoms with E-state index in [2.05, 4.69) is 15.3 Å². The molecule has 5 nitrogen and oxygen atoms in total. The zero-order valence-electron chi connectivity index (χ0n) is 11.2. The molecule has 0 saturated heterocycles. The quantitative estimate of drug-likeness (QED) is 0.743. The van der Waals surface area contributed by atoms with Crippen molar-refractivity contribution < 1.29 is 4.74 Å². The highest BCUT2D eigenvalue weighted by atomic mass is 35.5. The fourth-order valence-electron chi connectivity index (χ4n) is 1.89. The van der Waals surface area contributed by atoms with Gasteiger partial charge in [0.15, 0.2) is 16.6 Å². The maximum Gasteiger partial charge on any atom is 0.192 e. The minimum atomic E-state index is 0.289. The summed E-state index contributed by atoms with van der Waals surface area (Å²) in [6.07, 6.45) is 0. The van der Waals surface area contributed by atoms with Crippen LogP contribution in [0.1, 0.15) is 17.0 Å². The first kappa shape index (κ1) is 12.9. The molecule has 0 N–H and O–H groups in total. The lowest BCUT2D eigenvalue weighted by Gasteiger charge is -2.06. The van der Waals surface area contributed by atoms with Gasteiger partial charge in [-0.05, 0) is 31.5 Å². The first-order valence-electron chi connectivity index (χ1n) is 6.21. The molecule has 0 spiro atoms. The van der Waals surface area contributed by atoms with Crippen LogP contribution in [0.3, 0.4) is 0 Å². The van der Waals surface area contributed by atoms with Gasteiger partial charge in [0, 0.05) is 5.56 Å². The van der Waals surface area contributed by atoms with E-state index in [9.17, 15) is 0 Å². The second kappa shape index (κ2) is 5.09. The summed E-state index contributed by atoms with van der Waals surface area (Å²) in [6, 6.07) is 9.55. The minimum absolute atomic E-state index is 0.289. The monoisotopic (exact) mass is 288 g/mol. The van der Waals surface area contributed by atoms with E-state index in [4.69, 9.17) is 16.3 Å². The van der Waals surface area contributed by atoms with Crippen LogP contribution in [0.2, 0.25) is 5.15 Å². The molecule has 0 unspecified atom stereocenters. The lowest BCUT2D eigenvalue weighted by molar-refractivity contribution is 0.292. The van der Waals surface area contributed by atoms with Crippen LogP contribution in [-0.4, -0.2) is 19.8 Å². The van der Waals surface area contributed by atoms with E-state index < -0.39 is 0 Å². The first-order chi connectivity index (χ1) is 9.66. The Morgan fingerprint density at radius 2 is 1.85 bits per heavy atom. The molecular weight excluding hydrogens is 276 g/mol. The Morgan fingerprint density at radius 1 is 1.10 bits per heavy atom. The number of nitrogens with zero attached hydrogens (tertiary/aromatic N) is 4. The Hall–Kier alpha value is -2.14. The fraction of sp³-hybridized carbons (Fsp3) is 0.214. The van der Waals surface area contributed by atoms with E-state index in [1.807, 2.05) is 44.2 Å². The van der Waals surface area contributed by atoms with Crippen LogP contribution in [0.4, 0.5) is 0 Å². The van der Waals surface area contributed by atoms with Crippen molar-refractivity contribution in [1.82, 2.24) is 19.8 Å². The van der Waals surface area contributed by atoms with Crippen LogP contribution >= 0.6 is 11.6 Å². The van der Waals surface area contributed by atoms with Gasteiger partial charge in [0.25, 0.3) is 0 Å². The number of halogens is 1. The summed E-state index contributed by atoms with van der Waals surface area (Å²) in [6.45, 7) is 4.16. The molecular formula is C14H13ClN4O. The van der Waals surface area contributed by atoms with Crippen LogP contribution < -0.4 is 4.74 Å².